The highest BCUT2D eigenvalue weighted by molar-refractivity contribution is 7.90. The third-order valence-corrected chi connectivity index (χ3v) is 5.42. The molecule has 21 heavy (non-hydrogen) atoms. The van der Waals surface area contributed by atoms with Crippen LogP contribution in [0.3, 0.4) is 0 Å². The van der Waals surface area contributed by atoms with Gasteiger partial charge in [0.2, 0.25) is 10.0 Å². The van der Waals surface area contributed by atoms with Gasteiger partial charge < -0.3 is 0 Å². The van der Waals surface area contributed by atoms with Crippen LogP contribution in [0.25, 0.3) is 0 Å². The third-order valence-electron chi connectivity index (χ3n) is 2.87. The molecule has 0 atom stereocenters. The van der Waals surface area contributed by atoms with Crippen molar-refractivity contribution in [2.45, 2.75) is 16.3 Å². The van der Waals surface area contributed by atoms with E-state index in [2.05, 4.69) is 4.72 Å². The van der Waals surface area contributed by atoms with Crippen molar-refractivity contribution in [3.63, 3.8) is 0 Å². The normalized spacial score (nSPS) is 12.2. The number of sulfone groups is 1. The molecule has 5 nitrogen and oxygen atoms in total. The largest absolute Gasteiger partial charge is 0.240 e. The number of hydrogen-bond acceptors (Lipinski definition) is 4. The van der Waals surface area contributed by atoms with Gasteiger partial charge in [0.1, 0.15) is 0 Å². The van der Waals surface area contributed by atoms with Crippen LogP contribution in [0.2, 0.25) is 0 Å². The van der Waals surface area contributed by atoms with Crippen LogP contribution in [0.4, 0.5) is 0 Å². The van der Waals surface area contributed by atoms with Crippen molar-refractivity contribution in [3.05, 3.63) is 60.2 Å². The first-order valence-corrected chi connectivity index (χ1v) is 9.50. The van der Waals surface area contributed by atoms with Crippen molar-refractivity contribution in [1.82, 2.24) is 4.72 Å². The summed E-state index contributed by atoms with van der Waals surface area (Å²) in [4.78, 5) is 0.121. The molecule has 1 N–H and O–H groups in total. The predicted octanol–water partition coefficient (Wildman–Crippen LogP) is 1.57. The van der Waals surface area contributed by atoms with E-state index in [4.69, 9.17) is 0 Å². The summed E-state index contributed by atoms with van der Waals surface area (Å²) in [6, 6.07) is 14.3. The maximum Gasteiger partial charge on any atom is 0.240 e. The van der Waals surface area contributed by atoms with E-state index in [0.717, 1.165) is 11.8 Å². The highest BCUT2D eigenvalue weighted by atomic mass is 32.2. The van der Waals surface area contributed by atoms with Gasteiger partial charge in [-0.2, -0.15) is 0 Å². The number of nitrogens with one attached hydrogen (secondary N) is 1. The fourth-order valence-corrected chi connectivity index (χ4v) is 3.37. The third kappa shape index (κ3) is 4.13. The van der Waals surface area contributed by atoms with Gasteiger partial charge >= 0.3 is 0 Å². The molecule has 2 aromatic carbocycles. The molecule has 0 spiro atoms. The quantitative estimate of drug-likeness (QED) is 0.905. The average molecular weight is 325 g/mol. The van der Waals surface area contributed by atoms with Crippen LogP contribution in [0.1, 0.15) is 5.56 Å². The van der Waals surface area contributed by atoms with E-state index >= 15 is 0 Å². The van der Waals surface area contributed by atoms with Crippen molar-refractivity contribution in [1.29, 1.82) is 0 Å². The van der Waals surface area contributed by atoms with Crippen LogP contribution in [0, 0.1) is 0 Å². The fraction of sp³-hybridized carbons (Fsp3) is 0.143. The topological polar surface area (TPSA) is 80.3 Å². The van der Waals surface area contributed by atoms with Crippen LogP contribution in [0.5, 0.6) is 0 Å². The average Bonchev–Trinajstić information content (AvgIpc) is 2.46. The molecular weight excluding hydrogens is 310 g/mol. The van der Waals surface area contributed by atoms with Crippen molar-refractivity contribution in [2.24, 2.45) is 0 Å². The smallest absolute Gasteiger partial charge is 0.224 e. The Labute approximate surface area is 124 Å². The molecule has 7 heteroatoms. The molecule has 2 rings (SSSR count). The second kappa shape index (κ2) is 5.97. The molecule has 0 heterocycles. The SMILES string of the molecule is CS(=O)(=O)c1ccc(S(=O)(=O)NCc2ccccc2)cc1. The van der Waals surface area contributed by atoms with Crippen molar-refractivity contribution in [3.8, 4) is 0 Å². The number of rotatable bonds is 5. The van der Waals surface area contributed by atoms with Crippen molar-refractivity contribution >= 4 is 19.9 Å². The molecule has 0 radical (unpaired) electrons. The summed E-state index contributed by atoms with van der Waals surface area (Å²) < 4.78 is 49.4. The first kappa shape index (κ1) is 15.7. The minimum atomic E-state index is -3.67. The van der Waals surface area contributed by atoms with Gasteiger partial charge in [0.15, 0.2) is 9.84 Å². The molecule has 0 aliphatic carbocycles. The van der Waals surface area contributed by atoms with Crippen LogP contribution >= 0.6 is 0 Å². The molecule has 2 aromatic rings. The summed E-state index contributed by atoms with van der Waals surface area (Å²) in [7, 11) is -7.00. The zero-order valence-corrected chi connectivity index (χ0v) is 13.0. The predicted molar refractivity (Wildman–Crippen MR) is 80.0 cm³/mol. The van der Waals surface area contributed by atoms with Gasteiger partial charge in [0.25, 0.3) is 0 Å². The Morgan fingerprint density at radius 1 is 0.810 bits per heavy atom. The maximum atomic E-state index is 12.1. The Hall–Kier alpha value is -1.70. The van der Waals surface area contributed by atoms with E-state index in [1.807, 2.05) is 30.3 Å². The molecule has 0 aliphatic rings. The van der Waals surface area contributed by atoms with Gasteiger partial charge in [-0.05, 0) is 29.8 Å². The Bertz CT molecular complexity index is 811. The lowest BCUT2D eigenvalue weighted by Crippen LogP contribution is -2.23. The van der Waals surface area contributed by atoms with Gasteiger partial charge in [0, 0.05) is 12.8 Å². The molecular formula is C14H15NO4S2. The van der Waals surface area contributed by atoms with E-state index in [1.54, 1.807) is 0 Å². The van der Waals surface area contributed by atoms with E-state index < -0.39 is 19.9 Å². The highest BCUT2D eigenvalue weighted by Crippen LogP contribution is 2.14. The first-order chi connectivity index (χ1) is 9.79. The van der Waals surface area contributed by atoms with Crippen LogP contribution in [-0.2, 0) is 26.4 Å². The summed E-state index contributed by atoms with van der Waals surface area (Å²) in [6.45, 7) is 0.178. The lowest BCUT2D eigenvalue weighted by Gasteiger charge is -2.07. The van der Waals surface area contributed by atoms with Gasteiger partial charge in [-0.25, -0.2) is 21.6 Å². The first-order valence-electron chi connectivity index (χ1n) is 6.13. The van der Waals surface area contributed by atoms with Crippen molar-refractivity contribution in [2.75, 3.05) is 6.26 Å². The number of sulfonamides is 1. The van der Waals surface area contributed by atoms with E-state index in [1.165, 1.54) is 24.3 Å². The molecule has 0 amide bonds. The molecule has 0 bridgehead atoms. The molecule has 0 saturated carbocycles. The molecule has 0 saturated heterocycles. The molecule has 0 aliphatic heterocycles. The van der Waals surface area contributed by atoms with Gasteiger partial charge in [-0.3, -0.25) is 0 Å². The van der Waals surface area contributed by atoms with Gasteiger partial charge in [0.05, 0.1) is 9.79 Å². The Morgan fingerprint density at radius 2 is 1.33 bits per heavy atom. The van der Waals surface area contributed by atoms with Crippen LogP contribution in [-0.4, -0.2) is 23.1 Å². The van der Waals surface area contributed by atoms with Crippen LogP contribution in [0.15, 0.2) is 64.4 Å². The molecule has 0 fully saturated rings. The second-order valence-corrected chi connectivity index (χ2v) is 8.34. The molecule has 0 unspecified atom stereocenters. The molecule has 0 aromatic heterocycles. The summed E-state index contributed by atoms with van der Waals surface area (Å²) in [5, 5.41) is 0. The van der Waals surface area contributed by atoms with Gasteiger partial charge in [-0.15, -0.1) is 0 Å². The maximum absolute atomic E-state index is 12.1. The lowest BCUT2D eigenvalue weighted by atomic mass is 10.2. The summed E-state index contributed by atoms with van der Waals surface area (Å²) in [5.41, 5.74) is 0.842. The zero-order valence-electron chi connectivity index (χ0n) is 11.4. The minimum Gasteiger partial charge on any atom is -0.224 e. The van der Waals surface area contributed by atoms with Crippen molar-refractivity contribution < 1.29 is 16.8 Å². The lowest BCUT2D eigenvalue weighted by molar-refractivity contribution is 0.580. The second-order valence-electron chi connectivity index (χ2n) is 4.55. The number of hydrogen-bond donors (Lipinski definition) is 1. The van der Waals surface area contributed by atoms with E-state index in [9.17, 15) is 16.8 Å². The highest BCUT2D eigenvalue weighted by Gasteiger charge is 2.15. The van der Waals surface area contributed by atoms with Crippen LogP contribution < -0.4 is 4.72 Å². The zero-order chi connectivity index (χ0) is 15.5. The summed E-state index contributed by atoms with van der Waals surface area (Å²) in [5.74, 6) is 0. The summed E-state index contributed by atoms with van der Waals surface area (Å²) >= 11 is 0. The van der Waals surface area contributed by atoms with E-state index in [0.29, 0.717) is 0 Å². The standard InChI is InChI=1S/C14H15NO4S2/c1-20(16,17)13-7-9-14(10-8-13)21(18,19)15-11-12-5-3-2-4-6-12/h2-10,15H,11H2,1H3. The minimum absolute atomic E-state index is 0.0332. The fourth-order valence-electron chi connectivity index (χ4n) is 1.72. The Balaban J connectivity index is 2.16. The summed E-state index contributed by atoms with van der Waals surface area (Å²) in [6.07, 6.45) is 1.07. The Morgan fingerprint density at radius 3 is 1.86 bits per heavy atom. The monoisotopic (exact) mass is 325 g/mol. The molecule has 112 valence electrons. The van der Waals surface area contributed by atoms with Gasteiger partial charge in [-0.1, -0.05) is 30.3 Å². The Kier molecular flexibility index (Phi) is 4.46. The van der Waals surface area contributed by atoms with E-state index in [-0.39, 0.29) is 16.3 Å². The number of benzene rings is 2.